The SMILES string of the molecule is CCCCNC(=O)NC(C(N)=NO)C(C)C. The predicted octanol–water partition coefficient (Wildman–Crippen LogP) is 0.857. The van der Waals surface area contributed by atoms with Crippen LogP contribution in [0.15, 0.2) is 5.16 Å². The van der Waals surface area contributed by atoms with Crippen molar-refractivity contribution in [3.63, 3.8) is 0 Å². The lowest BCUT2D eigenvalue weighted by Gasteiger charge is -2.21. The third-order valence-corrected chi connectivity index (χ3v) is 2.20. The van der Waals surface area contributed by atoms with E-state index in [2.05, 4.69) is 15.8 Å². The maximum Gasteiger partial charge on any atom is 0.315 e. The number of nitrogens with one attached hydrogen (secondary N) is 2. The van der Waals surface area contributed by atoms with Crippen molar-refractivity contribution in [3.05, 3.63) is 0 Å². The number of carbonyl (C=O) groups is 1. The van der Waals surface area contributed by atoms with Crippen LogP contribution in [0.4, 0.5) is 4.79 Å². The Morgan fingerprint density at radius 2 is 2.12 bits per heavy atom. The molecular formula is C10H22N4O2. The molecule has 0 aromatic rings. The molecule has 94 valence electrons. The van der Waals surface area contributed by atoms with Crippen LogP contribution < -0.4 is 16.4 Å². The Kier molecular flexibility index (Phi) is 7.07. The van der Waals surface area contributed by atoms with Gasteiger partial charge in [0.05, 0.1) is 6.04 Å². The maximum atomic E-state index is 11.4. The number of nitrogens with zero attached hydrogens (tertiary/aromatic N) is 1. The number of unbranched alkanes of at least 4 members (excludes halogenated alkanes) is 1. The van der Waals surface area contributed by atoms with Crippen molar-refractivity contribution < 1.29 is 10.0 Å². The first-order chi connectivity index (χ1) is 7.52. The number of hydrogen-bond donors (Lipinski definition) is 4. The van der Waals surface area contributed by atoms with E-state index in [0.29, 0.717) is 6.54 Å². The summed E-state index contributed by atoms with van der Waals surface area (Å²) >= 11 is 0. The van der Waals surface area contributed by atoms with Gasteiger partial charge in [0, 0.05) is 6.54 Å². The maximum absolute atomic E-state index is 11.4. The number of oxime groups is 1. The first-order valence-electron chi connectivity index (χ1n) is 5.54. The summed E-state index contributed by atoms with van der Waals surface area (Å²) in [5.74, 6) is 0.0773. The summed E-state index contributed by atoms with van der Waals surface area (Å²) in [6.07, 6.45) is 1.96. The van der Waals surface area contributed by atoms with Crippen LogP contribution in [0, 0.1) is 5.92 Å². The molecule has 0 bridgehead atoms. The molecule has 16 heavy (non-hydrogen) atoms. The van der Waals surface area contributed by atoms with E-state index in [1.165, 1.54) is 0 Å². The largest absolute Gasteiger partial charge is 0.409 e. The van der Waals surface area contributed by atoms with Crippen LogP contribution in [0.25, 0.3) is 0 Å². The topological polar surface area (TPSA) is 99.7 Å². The van der Waals surface area contributed by atoms with Gasteiger partial charge in [-0.2, -0.15) is 0 Å². The minimum absolute atomic E-state index is 0.0145. The van der Waals surface area contributed by atoms with Crippen LogP contribution in [0.5, 0.6) is 0 Å². The van der Waals surface area contributed by atoms with E-state index in [4.69, 9.17) is 10.9 Å². The molecule has 0 spiro atoms. The normalized spacial score (nSPS) is 13.6. The minimum atomic E-state index is -0.452. The van der Waals surface area contributed by atoms with Gasteiger partial charge in [-0.3, -0.25) is 0 Å². The van der Waals surface area contributed by atoms with Crippen LogP contribution >= 0.6 is 0 Å². The molecule has 1 unspecified atom stereocenters. The molecule has 0 radical (unpaired) electrons. The molecule has 0 aliphatic heterocycles. The Balaban J connectivity index is 4.14. The van der Waals surface area contributed by atoms with Crippen LogP contribution in [-0.2, 0) is 0 Å². The predicted molar refractivity (Wildman–Crippen MR) is 63.5 cm³/mol. The second-order valence-corrected chi connectivity index (χ2v) is 4.00. The lowest BCUT2D eigenvalue weighted by atomic mass is 10.0. The smallest absolute Gasteiger partial charge is 0.315 e. The fourth-order valence-electron chi connectivity index (χ4n) is 1.22. The molecule has 0 aromatic heterocycles. The fraction of sp³-hybridized carbons (Fsp3) is 0.800. The lowest BCUT2D eigenvalue weighted by molar-refractivity contribution is 0.236. The summed E-state index contributed by atoms with van der Waals surface area (Å²) in [7, 11) is 0. The zero-order valence-electron chi connectivity index (χ0n) is 10.2. The monoisotopic (exact) mass is 230 g/mol. The van der Waals surface area contributed by atoms with E-state index < -0.39 is 6.04 Å². The standard InChI is InChI=1S/C10H22N4O2/c1-4-5-6-12-10(15)13-8(7(2)3)9(11)14-16/h7-8,16H,4-6H2,1-3H3,(H2,11,14)(H2,12,13,15). The van der Waals surface area contributed by atoms with Gasteiger partial charge in [-0.1, -0.05) is 32.3 Å². The van der Waals surface area contributed by atoms with Gasteiger partial charge in [-0.05, 0) is 12.3 Å². The third-order valence-electron chi connectivity index (χ3n) is 2.20. The lowest BCUT2D eigenvalue weighted by Crippen LogP contribution is -2.51. The average Bonchev–Trinajstić information content (AvgIpc) is 2.25. The van der Waals surface area contributed by atoms with Crippen LogP contribution in [0.1, 0.15) is 33.6 Å². The van der Waals surface area contributed by atoms with Crippen molar-refractivity contribution in [2.45, 2.75) is 39.7 Å². The van der Waals surface area contributed by atoms with E-state index >= 15 is 0 Å². The zero-order chi connectivity index (χ0) is 12.6. The molecular weight excluding hydrogens is 208 g/mol. The van der Waals surface area contributed by atoms with Crippen molar-refractivity contribution >= 4 is 11.9 Å². The van der Waals surface area contributed by atoms with Crippen molar-refractivity contribution in [1.29, 1.82) is 0 Å². The number of carbonyl (C=O) groups excluding carboxylic acids is 1. The fourth-order valence-corrected chi connectivity index (χ4v) is 1.22. The van der Waals surface area contributed by atoms with Gasteiger partial charge in [0.1, 0.15) is 0 Å². The third kappa shape index (κ3) is 5.43. The van der Waals surface area contributed by atoms with Gasteiger partial charge in [-0.25, -0.2) is 4.79 Å². The number of hydrogen-bond acceptors (Lipinski definition) is 3. The molecule has 0 saturated carbocycles. The highest BCUT2D eigenvalue weighted by molar-refractivity contribution is 5.89. The van der Waals surface area contributed by atoms with E-state index in [9.17, 15) is 4.79 Å². The van der Waals surface area contributed by atoms with Crippen molar-refractivity contribution in [3.8, 4) is 0 Å². The van der Waals surface area contributed by atoms with Gasteiger partial charge >= 0.3 is 6.03 Å². The first-order valence-corrected chi connectivity index (χ1v) is 5.54. The van der Waals surface area contributed by atoms with E-state index in [0.717, 1.165) is 12.8 Å². The molecule has 0 fully saturated rings. The quantitative estimate of drug-likeness (QED) is 0.179. The van der Waals surface area contributed by atoms with Gasteiger partial charge in [0.2, 0.25) is 0 Å². The Morgan fingerprint density at radius 1 is 1.50 bits per heavy atom. The van der Waals surface area contributed by atoms with Crippen molar-refractivity contribution in [1.82, 2.24) is 10.6 Å². The molecule has 0 rings (SSSR count). The Hall–Kier alpha value is -1.46. The molecule has 0 saturated heterocycles. The molecule has 2 amide bonds. The summed E-state index contributed by atoms with van der Waals surface area (Å²) < 4.78 is 0. The van der Waals surface area contributed by atoms with Crippen molar-refractivity contribution in [2.75, 3.05) is 6.54 Å². The summed E-state index contributed by atoms with van der Waals surface area (Å²) in [5.41, 5.74) is 5.48. The second-order valence-electron chi connectivity index (χ2n) is 4.00. The molecule has 6 heteroatoms. The number of amides is 2. The number of rotatable bonds is 6. The first kappa shape index (κ1) is 14.5. The molecule has 5 N–H and O–H groups in total. The van der Waals surface area contributed by atoms with E-state index in [-0.39, 0.29) is 17.8 Å². The van der Waals surface area contributed by atoms with Crippen molar-refractivity contribution in [2.24, 2.45) is 16.8 Å². The van der Waals surface area contributed by atoms with E-state index in [1.807, 2.05) is 20.8 Å². The highest BCUT2D eigenvalue weighted by Crippen LogP contribution is 2.01. The Bertz CT molecular complexity index is 241. The summed E-state index contributed by atoms with van der Waals surface area (Å²) in [4.78, 5) is 11.4. The summed E-state index contributed by atoms with van der Waals surface area (Å²) in [6.45, 7) is 6.44. The molecule has 6 nitrogen and oxygen atoms in total. The number of urea groups is 1. The zero-order valence-corrected chi connectivity index (χ0v) is 10.2. The molecule has 0 heterocycles. The highest BCUT2D eigenvalue weighted by atomic mass is 16.4. The van der Waals surface area contributed by atoms with Crippen LogP contribution in [-0.4, -0.2) is 29.7 Å². The molecule has 0 aromatic carbocycles. The van der Waals surface area contributed by atoms with Gasteiger partial charge in [-0.15, -0.1) is 0 Å². The Labute approximate surface area is 96.3 Å². The summed E-state index contributed by atoms with van der Waals surface area (Å²) in [5, 5.41) is 16.8. The molecule has 0 aliphatic carbocycles. The number of nitrogens with two attached hydrogens (primary N) is 1. The minimum Gasteiger partial charge on any atom is -0.409 e. The van der Waals surface area contributed by atoms with Crippen LogP contribution in [0.2, 0.25) is 0 Å². The van der Waals surface area contributed by atoms with Gasteiger partial charge in [0.25, 0.3) is 0 Å². The van der Waals surface area contributed by atoms with Gasteiger partial charge < -0.3 is 21.6 Å². The average molecular weight is 230 g/mol. The highest BCUT2D eigenvalue weighted by Gasteiger charge is 2.20. The Morgan fingerprint density at radius 3 is 2.56 bits per heavy atom. The molecule has 0 aliphatic rings. The summed E-state index contributed by atoms with van der Waals surface area (Å²) in [6, 6.07) is -0.745. The number of amidine groups is 1. The molecule has 1 atom stereocenters. The second kappa shape index (κ2) is 7.78. The van der Waals surface area contributed by atoms with E-state index in [1.54, 1.807) is 0 Å². The van der Waals surface area contributed by atoms with Gasteiger partial charge in [0.15, 0.2) is 5.84 Å². The van der Waals surface area contributed by atoms with Crippen LogP contribution in [0.3, 0.4) is 0 Å².